The first-order valence-electron chi connectivity index (χ1n) is 9.56. The predicted octanol–water partition coefficient (Wildman–Crippen LogP) is 2.28. The van der Waals surface area contributed by atoms with Gasteiger partial charge in [0.1, 0.15) is 0 Å². The monoisotopic (exact) mass is 351 g/mol. The van der Waals surface area contributed by atoms with Crippen molar-refractivity contribution in [1.82, 2.24) is 20.3 Å². The van der Waals surface area contributed by atoms with E-state index in [1.165, 1.54) is 19.3 Å². The number of rotatable bonds is 4. The Hall–Kier alpha value is -2.50. The van der Waals surface area contributed by atoms with Gasteiger partial charge in [0, 0.05) is 49.8 Å². The molecule has 1 saturated heterocycles. The number of pyridine rings is 1. The number of aromatic nitrogens is 3. The topological polar surface area (TPSA) is 71.0 Å². The third kappa shape index (κ3) is 3.84. The van der Waals surface area contributed by atoms with Gasteiger partial charge in [0.25, 0.3) is 0 Å². The van der Waals surface area contributed by atoms with E-state index in [1.54, 1.807) is 12.4 Å². The van der Waals surface area contributed by atoms with Crippen molar-refractivity contribution in [2.75, 3.05) is 18.0 Å². The molecule has 2 aliphatic rings. The van der Waals surface area contributed by atoms with Crippen LogP contribution in [0.1, 0.15) is 42.5 Å². The number of carbonyl (C=O) groups is 1. The first-order valence-corrected chi connectivity index (χ1v) is 9.56. The number of piperidine rings is 1. The van der Waals surface area contributed by atoms with Crippen LogP contribution in [-0.2, 0) is 24.2 Å². The molecule has 1 amide bonds. The third-order valence-corrected chi connectivity index (χ3v) is 5.36. The zero-order chi connectivity index (χ0) is 17.8. The summed E-state index contributed by atoms with van der Waals surface area (Å²) >= 11 is 0. The van der Waals surface area contributed by atoms with E-state index in [4.69, 9.17) is 4.98 Å². The fraction of sp³-hybridized carbons (Fsp3) is 0.500. The van der Waals surface area contributed by atoms with Crippen LogP contribution in [0.5, 0.6) is 0 Å². The predicted molar refractivity (Wildman–Crippen MR) is 99.7 cm³/mol. The lowest BCUT2D eigenvalue weighted by Gasteiger charge is -2.28. The summed E-state index contributed by atoms with van der Waals surface area (Å²) in [6.45, 7) is 2.66. The van der Waals surface area contributed by atoms with Crippen LogP contribution in [0.3, 0.4) is 0 Å². The molecule has 1 aliphatic carbocycles. The van der Waals surface area contributed by atoms with Crippen LogP contribution in [0.2, 0.25) is 0 Å². The number of nitrogens with zero attached hydrogens (tertiary/aromatic N) is 4. The molecule has 0 saturated carbocycles. The second-order valence-corrected chi connectivity index (χ2v) is 7.20. The molecule has 2 aromatic rings. The van der Waals surface area contributed by atoms with Crippen molar-refractivity contribution >= 4 is 11.9 Å². The summed E-state index contributed by atoms with van der Waals surface area (Å²) in [6.07, 6.45) is 11.6. The standard InChI is InChI=1S/C20H25N5O/c26-19(22-13-15-6-8-21-9-7-15)16-4-5-18-17(12-16)14-23-20(24-18)25-10-2-1-3-11-25/h6-9,14,16H,1-5,10-13H2,(H,22,26). The minimum absolute atomic E-state index is 0.00812. The van der Waals surface area contributed by atoms with E-state index in [9.17, 15) is 4.79 Å². The van der Waals surface area contributed by atoms with Crippen LogP contribution in [-0.4, -0.2) is 33.9 Å². The smallest absolute Gasteiger partial charge is 0.225 e. The molecule has 4 rings (SSSR count). The number of carbonyl (C=O) groups excluding carboxylic acids is 1. The third-order valence-electron chi connectivity index (χ3n) is 5.36. The van der Waals surface area contributed by atoms with Crippen molar-refractivity contribution in [1.29, 1.82) is 0 Å². The summed E-state index contributed by atoms with van der Waals surface area (Å²) in [5.41, 5.74) is 3.32. The van der Waals surface area contributed by atoms with Gasteiger partial charge >= 0.3 is 0 Å². The molecule has 1 fully saturated rings. The highest BCUT2D eigenvalue weighted by Crippen LogP contribution is 2.26. The lowest BCUT2D eigenvalue weighted by Crippen LogP contribution is -2.35. The van der Waals surface area contributed by atoms with E-state index >= 15 is 0 Å². The van der Waals surface area contributed by atoms with Gasteiger partial charge in [0.05, 0.1) is 0 Å². The minimum atomic E-state index is 0.00812. The van der Waals surface area contributed by atoms with Crippen molar-refractivity contribution < 1.29 is 4.79 Å². The van der Waals surface area contributed by atoms with Crippen LogP contribution >= 0.6 is 0 Å². The number of anilines is 1. The van der Waals surface area contributed by atoms with Crippen molar-refractivity contribution in [3.05, 3.63) is 47.5 Å². The molecule has 0 radical (unpaired) electrons. The average molecular weight is 351 g/mol. The van der Waals surface area contributed by atoms with Gasteiger partial charge in [-0.2, -0.15) is 0 Å². The highest BCUT2D eigenvalue weighted by molar-refractivity contribution is 5.79. The Morgan fingerprint density at radius 1 is 1.19 bits per heavy atom. The number of nitrogens with one attached hydrogen (secondary N) is 1. The molecule has 6 nitrogen and oxygen atoms in total. The van der Waals surface area contributed by atoms with E-state index in [1.807, 2.05) is 18.3 Å². The second-order valence-electron chi connectivity index (χ2n) is 7.20. The first-order chi connectivity index (χ1) is 12.8. The van der Waals surface area contributed by atoms with E-state index in [0.29, 0.717) is 6.54 Å². The summed E-state index contributed by atoms with van der Waals surface area (Å²) in [5.74, 6) is 0.991. The molecule has 0 spiro atoms. The van der Waals surface area contributed by atoms with E-state index in [0.717, 1.165) is 55.1 Å². The van der Waals surface area contributed by atoms with Crippen molar-refractivity contribution in [2.45, 2.75) is 45.1 Å². The molecule has 26 heavy (non-hydrogen) atoms. The van der Waals surface area contributed by atoms with Crippen molar-refractivity contribution in [3.8, 4) is 0 Å². The largest absolute Gasteiger partial charge is 0.352 e. The van der Waals surface area contributed by atoms with E-state index < -0.39 is 0 Å². The van der Waals surface area contributed by atoms with Crippen LogP contribution in [0, 0.1) is 5.92 Å². The maximum Gasteiger partial charge on any atom is 0.225 e. The van der Waals surface area contributed by atoms with Crippen LogP contribution in [0.25, 0.3) is 0 Å². The number of amides is 1. The maximum atomic E-state index is 12.5. The summed E-state index contributed by atoms with van der Waals surface area (Å²) in [6, 6.07) is 3.85. The molecule has 3 heterocycles. The molecule has 1 N–H and O–H groups in total. The Morgan fingerprint density at radius 3 is 2.81 bits per heavy atom. The van der Waals surface area contributed by atoms with Gasteiger partial charge in [0.2, 0.25) is 11.9 Å². The normalized spacial score (nSPS) is 19.7. The first kappa shape index (κ1) is 16.9. The van der Waals surface area contributed by atoms with Crippen LogP contribution in [0.15, 0.2) is 30.7 Å². The number of fused-ring (bicyclic) bond motifs is 1. The molecule has 0 aromatic carbocycles. The van der Waals surface area contributed by atoms with Gasteiger partial charge in [-0.25, -0.2) is 9.97 Å². The van der Waals surface area contributed by atoms with Crippen molar-refractivity contribution in [2.24, 2.45) is 5.92 Å². The Morgan fingerprint density at radius 2 is 2.00 bits per heavy atom. The fourth-order valence-electron chi connectivity index (χ4n) is 3.80. The van der Waals surface area contributed by atoms with Crippen LogP contribution in [0.4, 0.5) is 5.95 Å². The summed E-state index contributed by atoms with van der Waals surface area (Å²) in [5, 5.41) is 3.05. The summed E-state index contributed by atoms with van der Waals surface area (Å²) in [4.78, 5) is 28.2. The molecule has 1 unspecified atom stereocenters. The second kappa shape index (κ2) is 7.81. The van der Waals surface area contributed by atoms with Gasteiger partial charge in [-0.1, -0.05) is 0 Å². The highest BCUT2D eigenvalue weighted by atomic mass is 16.1. The molecule has 0 bridgehead atoms. The molecule has 2 aromatic heterocycles. The Balaban J connectivity index is 1.37. The van der Waals surface area contributed by atoms with Gasteiger partial charge in [0.15, 0.2) is 0 Å². The van der Waals surface area contributed by atoms with Gasteiger partial charge in [-0.15, -0.1) is 0 Å². The highest BCUT2D eigenvalue weighted by Gasteiger charge is 2.26. The average Bonchev–Trinajstić information content (AvgIpc) is 2.72. The molecular formula is C20H25N5O. The lowest BCUT2D eigenvalue weighted by atomic mass is 9.86. The molecule has 136 valence electrons. The number of hydrogen-bond donors (Lipinski definition) is 1. The van der Waals surface area contributed by atoms with Gasteiger partial charge in [-0.3, -0.25) is 9.78 Å². The SMILES string of the molecule is O=C(NCc1ccncc1)C1CCc2nc(N3CCCCC3)ncc2C1. The number of aryl methyl sites for hydroxylation is 1. The number of hydrogen-bond acceptors (Lipinski definition) is 5. The summed E-state index contributed by atoms with van der Waals surface area (Å²) in [7, 11) is 0. The van der Waals surface area contributed by atoms with E-state index in [-0.39, 0.29) is 11.8 Å². The Labute approximate surface area is 154 Å². The zero-order valence-corrected chi connectivity index (χ0v) is 15.0. The lowest BCUT2D eigenvalue weighted by molar-refractivity contribution is -0.125. The Kier molecular flexibility index (Phi) is 5.09. The fourth-order valence-corrected chi connectivity index (χ4v) is 3.80. The quantitative estimate of drug-likeness (QED) is 0.915. The Bertz CT molecular complexity index is 758. The van der Waals surface area contributed by atoms with Gasteiger partial charge in [-0.05, 0) is 61.8 Å². The minimum Gasteiger partial charge on any atom is -0.352 e. The van der Waals surface area contributed by atoms with E-state index in [2.05, 4.69) is 20.2 Å². The zero-order valence-electron chi connectivity index (χ0n) is 15.0. The molecule has 6 heteroatoms. The van der Waals surface area contributed by atoms with Crippen molar-refractivity contribution in [3.63, 3.8) is 0 Å². The van der Waals surface area contributed by atoms with Gasteiger partial charge < -0.3 is 10.2 Å². The van der Waals surface area contributed by atoms with Crippen LogP contribution < -0.4 is 10.2 Å². The molecule has 1 atom stereocenters. The molecular weight excluding hydrogens is 326 g/mol. The maximum absolute atomic E-state index is 12.5. The molecule has 1 aliphatic heterocycles. The summed E-state index contributed by atoms with van der Waals surface area (Å²) < 4.78 is 0.